The zero-order chi connectivity index (χ0) is 9.42. The third-order valence-corrected chi connectivity index (χ3v) is 2.55. The molecule has 13 heavy (non-hydrogen) atoms. The number of rotatable bonds is 0. The van der Waals surface area contributed by atoms with Crippen molar-refractivity contribution in [1.29, 1.82) is 0 Å². The topological polar surface area (TPSA) is 63.2 Å². The normalized spacial score (nSPS) is 25.4. The highest BCUT2D eigenvalue weighted by molar-refractivity contribution is 7.67. The molecule has 2 amide bonds. The smallest absolute Gasteiger partial charge is 0.254 e. The SMILES string of the molecule is O=S=C1C=CC=C2C(=O)NC(=O)C21. The lowest BCUT2D eigenvalue weighted by Crippen LogP contribution is -2.25. The largest absolute Gasteiger partial charge is 0.292 e. The Hall–Kier alpha value is -1.49. The molecular weight excluding hydrogens is 190 g/mol. The van der Waals surface area contributed by atoms with E-state index in [-0.39, 0.29) is 11.3 Å². The van der Waals surface area contributed by atoms with E-state index in [9.17, 15) is 13.8 Å². The Kier molecular flexibility index (Phi) is 1.73. The number of amides is 2. The summed E-state index contributed by atoms with van der Waals surface area (Å²) in [5, 5.41) is 2.16. The summed E-state index contributed by atoms with van der Waals surface area (Å²) in [4.78, 5) is 22.7. The molecule has 66 valence electrons. The molecule has 0 radical (unpaired) electrons. The standard InChI is InChI=1S/C8H5NO3S/c10-7-4-2-1-3-5(13-12)6(4)8(11)9-7/h1-3,6H,(H,9,10,11). The fourth-order valence-electron chi connectivity index (χ4n) is 1.40. The highest BCUT2D eigenvalue weighted by Gasteiger charge is 2.39. The molecule has 0 aromatic heterocycles. The van der Waals surface area contributed by atoms with Gasteiger partial charge in [0.2, 0.25) is 5.91 Å². The summed E-state index contributed by atoms with van der Waals surface area (Å²) in [7, 11) is 0. The second-order valence-corrected chi connectivity index (χ2v) is 3.36. The van der Waals surface area contributed by atoms with Crippen LogP contribution in [0.5, 0.6) is 0 Å². The first-order chi connectivity index (χ1) is 6.24. The van der Waals surface area contributed by atoms with Crippen LogP contribution >= 0.6 is 0 Å². The van der Waals surface area contributed by atoms with Crippen LogP contribution in [0.2, 0.25) is 0 Å². The van der Waals surface area contributed by atoms with Gasteiger partial charge in [-0.05, 0) is 6.08 Å². The molecule has 1 N–H and O–H groups in total. The minimum absolute atomic E-state index is 0.254. The van der Waals surface area contributed by atoms with Crippen LogP contribution in [0.1, 0.15) is 0 Å². The number of carbonyl (C=O) groups excluding carboxylic acids is 2. The van der Waals surface area contributed by atoms with Gasteiger partial charge in [-0.3, -0.25) is 14.9 Å². The van der Waals surface area contributed by atoms with Gasteiger partial charge >= 0.3 is 0 Å². The molecule has 1 atom stereocenters. The molecule has 1 unspecified atom stereocenters. The summed E-state index contributed by atoms with van der Waals surface area (Å²) >= 11 is 0.254. The third kappa shape index (κ3) is 1.08. The summed E-state index contributed by atoms with van der Waals surface area (Å²) in [5.74, 6) is -1.47. The van der Waals surface area contributed by atoms with Crippen molar-refractivity contribution in [2.24, 2.45) is 5.92 Å². The van der Waals surface area contributed by atoms with Crippen molar-refractivity contribution in [3.8, 4) is 0 Å². The molecule has 2 aliphatic rings. The van der Waals surface area contributed by atoms with Gasteiger partial charge in [-0.25, -0.2) is 4.21 Å². The molecule has 1 aliphatic carbocycles. The summed E-state index contributed by atoms with van der Waals surface area (Å²) in [6.07, 6.45) is 4.72. The number of fused-ring (bicyclic) bond motifs is 1. The summed E-state index contributed by atoms with van der Waals surface area (Å²) < 4.78 is 10.6. The highest BCUT2D eigenvalue weighted by Crippen LogP contribution is 2.23. The van der Waals surface area contributed by atoms with Crippen LogP contribution in [0.4, 0.5) is 0 Å². The van der Waals surface area contributed by atoms with E-state index in [1.165, 1.54) is 0 Å². The van der Waals surface area contributed by atoms with E-state index in [1.54, 1.807) is 18.2 Å². The number of hydrogen-bond acceptors (Lipinski definition) is 3. The highest BCUT2D eigenvalue weighted by atomic mass is 32.1. The van der Waals surface area contributed by atoms with Gasteiger partial charge in [0, 0.05) is 5.57 Å². The van der Waals surface area contributed by atoms with Crippen molar-refractivity contribution in [2.45, 2.75) is 0 Å². The Bertz CT molecular complexity index is 415. The predicted octanol–water partition coefficient (Wildman–Crippen LogP) is -0.859. The molecule has 1 fully saturated rings. The molecule has 5 heteroatoms. The van der Waals surface area contributed by atoms with Crippen LogP contribution in [-0.2, 0) is 20.8 Å². The lowest BCUT2D eigenvalue weighted by molar-refractivity contribution is -0.124. The van der Waals surface area contributed by atoms with E-state index in [0.29, 0.717) is 10.4 Å². The lowest BCUT2D eigenvalue weighted by Gasteiger charge is -2.07. The maximum atomic E-state index is 11.2. The van der Waals surface area contributed by atoms with Crippen molar-refractivity contribution in [2.75, 3.05) is 0 Å². The van der Waals surface area contributed by atoms with Crippen molar-refractivity contribution in [3.63, 3.8) is 0 Å². The maximum absolute atomic E-state index is 11.2. The van der Waals surface area contributed by atoms with E-state index in [2.05, 4.69) is 5.32 Å². The Labute approximate surface area is 77.4 Å². The molecule has 1 saturated heterocycles. The molecule has 0 aromatic carbocycles. The quantitative estimate of drug-likeness (QED) is 0.404. The molecule has 4 nitrogen and oxygen atoms in total. The van der Waals surface area contributed by atoms with Crippen LogP contribution in [0, 0.1) is 5.92 Å². The van der Waals surface area contributed by atoms with E-state index in [0.717, 1.165) is 0 Å². The molecule has 2 rings (SSSR count). The first-order valence-corrected chi connectivity index (χ1v) is 4.38. The average molecular weight is 195 g/mol. The van der Waals surface area contributed by atoms with Gasteiger partial charge in [-0.2, -0.15) is 0 Å². The fourth-order valence-corrected chi connectivity index (χ4v) is 1.87. The van der Waals surface area contributed by atoms with Crippen LogP contribution in [0.25, 0.3) is 0 Å². The molecule has 0 spiro atoms. The molecule has 0 aromatic rings. The molecular formula is C8H5NO3S. The van der Waals surface area contributed by atoms with Crippen LogP contribution in [-0.4, -0.2) is 20.9 Å². The van der Waals surface area contributed by atoms with E-state index >= 15 is 0 Å². The molecule has 0 bridgehead atoms. The summed E-state index contributed by atoms with van der Waals surface area (Å²) in [6, 6.07) is 0. The molecule has 1 heterocycles. The van der Waals surface area contributed by atoms with Gasteiger partial charge in [0.05, 0.1) is 16.1 Å². The van der Waals surface area contributed by atoms with Crippen molar-refractivity contribution < 1.29 is 13.8 Å². The average Bonchev–Trinajstić information content (AvgIpc) is 2.43. The van der Waals surface area contributed by atoms with Crippen LogP contribution < -0.4 is 5.32 Å². The predicted molar refractivity (Wildman–Crippen MR) is 47.0 cm³/mol. The van der Waals surface area contributed by atoms with Crippen molar-refractivity contribution in [3.05, 3.63) is 23.8 Å². The molecule has 1 aliphatic heterocycles. The van der Waals surface area contributed by atoms with Gasteiger partial charge in [0.15, 0.2) is 0 Å². The molecule has 0 saturated carbocycles. The van der Waals surface area contributed by atoms with Crippen molar-refractivity contribution in [1.82, 2.24) is 5.32 Å². The second-order valence-electron chi connectivity index (χ2n) is 2.72. The van der Waals surface area contributed by atoms with E-state index < -0.39 is 17.7 Å². The number of hydrogen-bond donors (Lipinski definition) is 1. The minimum atomic E-state index is -0.667. The number of nitrogens with one attached hydrogen (secondary N) is 1. The van der Waals surface area contributed by atoms with Gasteiger partial charge in [0.1, 0.15) is 5.92 Å². The summed E-state index contributed by atoms with van der Waals surface area (Å²) in [6.45, 7) is 0. The van der Waals surface area contributed by atoms with E-state index in [4.69, 9.17) is 0 Å². The maximum Gasteiger partial charge on any atom is 0.254 e. The Morgan fingerprint density at radius 1 is 1.38 bits per heavy atom. The first kappa shape index (κ1) is 8.12. The zero-order valence-corrected chi connectivity index (χ0v) is 7.26. The minimum Gasteiger partial charge on any atom is -0.292 e. The van der Waals surface area contributed by atoms with Crippen LogP contribution in [0.15, 0.2) is 23.8 Å². The monoisotopic (exact) mass is 195 g/mol. The van der Waals surface area contributed by atoms with Crippen molar-refractivity contribution >= 4 is 27.9 Å². The van der Waals surface area contributed by atoms with Crippen LogP contribution in [0.3, 0.4) is 0 Å². The lowest BCUT2D eigenvalue weighted by atomic mass is 9.94. The number of imide groups is 1. The fraction of sp³-hybridized carbons (Fsp3) is 0.125. The van der Waals surface area contributed by atoms with Gasteiger partial charge < -0.3 is 0 Å². The van der Waals surface area contributed by atoms with Gasteiger partial charge in [-0.15, -0.1) is 0 Å². The summed E-state index contributed by atoms with van der Waals surface area (Å²) in [5.41, 5.74) is 0.367. The Morgan fingerprint density at radius 2 is 2.15 bits per heavy atom. The second kappa shape index (κ2) is 2.77. The Morgan fingerprint density at radius 3 is 2.85 bits per heavy atom. The number of carbonyl (C=O) groups is 2. The van der Waals surface area contributed by atoms with E-state index in [1.807, 2.05) is 0 Å². The van der Waals surface area contributed by atoms with Gasteiger partial charge in [-0.1, -0.05) is 12.2 Å². The first-order valence-electron chi connectivity index (χ1n) is 3.64. The zero-order valence-electron chi connectivity index (χ0n) is 6.44. The number of allylic oxidation sites excluding steroid dienone is 3. The third-order valence-electron chi connectivity index (χ3n) is 1.99. The Balaban J connectivity index is 2.56. The van der Waals surface area contributed by atoms with Gasteiger partial charge in [0.25, 0.3) is 5.91 Å².